The van der Waals surface area contributed by atoms with Gasteiger partial charge in [-0.1, -0.05) is 0 Å². The van der Waals surface area contributed by atoms with Crippen molar-refractivity contribution in [1.29, 1.82) is 0 Å². The summed E-state index contributed by atoms with van der Waals surface area (Å²) < 4.78 is 5.11. The Morgan fingerprint density at radius 1 is 1.62 bits per heavy atom. The maximum Gasteiger partial charge on any atom is 0.269 e. The fourth-order valence-corrected chi connectivity index (χ4v) is 1.36. The number of aryl methyl sites for hydroxylation is 1. The lowest BCUT2D eigenvalue weighted by Gasteiger charge is -2.00. The zero-order chi connectivity index (χ0) is 9.42. The minimum atomic E-state index is -0.384. The number of epoxide rings is 1. The molecule has 0 amide bonds. The van der Waals surface area contributed by atoms with Gasteiger partial charge >= 0.3 is 0 Å². The summed E-state index contributed by atoms with van der Waals surface area (Å²) in [6, 6.07) is 4.87. The Balaban J connectivity index is 2.36. The van der Waals surface area contributed by atoms with Crippen LogP contribution in [0.15, 0.2) is 18.2 Å². The van der Waals surface area contributed by atoms with Crippen LogP contribution < -0.4 is 0 Å². The van der Waals surface area contributed by atoms with Crippen molar-refractivity contribution < 1.29 is 9.66 Å². The molecule has 1 aromatic rings. The number of ether oxygens (including phenoxy) is 1. The normalized spacial score (nSPS) is 19.9. The second-order valence-electron chi connectivity index (χ2n) is 3.12. The second kappa shape index (κ2) is 2.81. The maximum atomic E-state index is 10.4. The van der Waals surface area contributed by atoms with E-state index in [9.17, 15) is 10.1 Å². The van der Waals surface area contributed by atoms with Gasteiger partial charge < -0.3 is 4.74 Å². The number of nitro benzene ring substituents is 1. The standard InChI is InChI=1S/C9H9NO3/c1-6-4-7(10(11)12)2-3-8(6)9-5-13-9/h2-4,9H,5H2,1H3. The molecule has 0 spiro atoms. The molecule has 4 nitrogen and oxygen atoms in total. The van der Waals surface area contributed by atoms with Crippen LogP contribution in [0.1, 0.15) is 17.2 Å². The summed E-state index contributed by atoms with van der Waals surface area (Å²) in [6.45, 7) is 2.60. The van der Waals surface area contributed by atoms with E-state index >= 15 is 0 Å². The van der Waals surface area contributed by atoms with Crippen molar-refractivity contribution >= 4 is 5.69 Å². The molecule has 68 valence electrons. The van der Waals surface area contributed by atoms with E-state index in [2.05, 4.69) is 0 Å². The van der Waals surface area contributed by atoms with Crippen LogP contribution in [-0.2, 0) is 4.74 Å². The lowest BCUT2D eigenvalue weighted by Crippen LogP contribution is -1.92. The third-order valence-corrected chi connectivity index (χ3v) is 2.14. The third-order valence-electron chi connectivity index (χ3n) is 2.14. The smallest absolute Gasteiger partial charge is 0.269 e. The van der Waals surface area contributed by atoms with E-state index in [-0.39, 0.29) is 16.7 Å². The molecule has 0 aromatic heterocycles. The minimum Gasteiger partial charge on any atom is -0.368 e. The molecular formula is C9H9NO3. The molecule has 1 saturated heterocycles. The average molecular weight is 179 g/mol. The highest BCUT2D eigenvalue weighted by atomic mass is 16.6. The molecule has 1 aliphatic heterocycles. The van der Waals surface area contributed by atoms with Crippen LogP contribution in [0.3, 0.4) is 0 Å². The summed E-state index contributed by atoms with van der Waals surface area (Å²) in [5.74, 6) is 0. The number of rotatable bonds is 2. The number of hydrogen-bond acceptors (Lipinski definition) is 3. The van der Waals surface area contributed by atoms with Gasteiger partial charge in [0.15, 0.2) is 0 Å². The molecule has 1 aromatic carbocycles. The largest absolute Gasteiger partial charge is 0.368 e. The minimum absolute atomic E-state index is 0.141. The highest BCUT2D eigenvalue weighted by Crippen LogP contribution is 2.33. The van der Waals surface area contributed by atoms with Gasteiger partial charge in [0, 0.05) is 12.1 Å². The summed E-state index contributed by atoms with van der Waals surface area (Å²) in [5, 5.41) is 10.4. The van der Waals surface area contributed by atoms with E-state index in [1.54, 1.807) is 12.1 Å². The molecule has 0 radical (unpaired) electrons. The van der Waals surface area contributed by atoms with E-state index in [4.69, 9.17) is 4.74 Å². The summed E-state index contributed by atoms with van der Waals surface area (Å²) in [7, 11) is 0. The van der Waals surface area contributed by atoms with Gasteiger partial charge in [0.1, 0.15) is 6.10 Å². The Bertz CT molecular complexity index is 358. The molecular weight excluding hydrogens is 170 g/mol. The number of benzene rings is 1. The lowest BCUT2D eigenvalue weighted by atomic mass is 10.1. The number of non-ortho nitro benzene ring substituents is 1. The molecule has 1 unspecified atom stereocenters. The van der Waals surface area contributed by atoms with Crippen LogP contribution in [-0.4, -0.2) is 11.5 Å². The number of hydrogen-bond donors (Lipinski definition) is 0. The molecule has 0 bridgehead atoms. The quantitative estimate of drug-likeness (QED) is 0.396. The zero-order valence-corrected chi connectivity index (χ0v) is 7.19. The molecule has 2 rings (SSSR count). The Kier molecular flexibility index (Phi) is 1.77. The predicted octanol–water partition coefficient (Wildman–Crippen LogP) is 1.97. The van der Waals surface area contributed by atoms with Crippen LogP contribution in [0.2, 0.25) is 0 Å². The van der Waals surface area contributed by atoms with Gasteiger partial charge in [0.2, 0.25) is 0 Å². The highest BCUT2D eigenvalue weighted by molar-refractivity contribution is 5.41. The van der Waals surface area contributed by atoms with Crippen molar-refractivity contribution in [1.82, 2.24) is 0 Å². The first-order chi connectivity index (χ1) is 6.18. The van der Waals surface area contributed by atoms with Crippen molar-refractivity contribution in [3.63, 3.8) is 0 Å². The molecule has 0 N–H and O–H groups in total. The van der Waals surface area contributed by atoms with Crippen LogP contribution in [0.4, 0.5) is 5.69 Å². The molecule has 4 heteroatoms. The van der Waals surface area contributed by atoms with E-state index in [1.165, 1.54) is 6.07 Å². The van der Waals surface area contributed by atoms with Gasteiger partial charge in [-0.25, -0.2) is 0 Å². The molecule has 13 heavy (non-hydrogen) atoms. The van der Waals surface area contributed by atoms with Crippen LogP contribution in [0.5, 0.6) is 0 Å². The monoisotopic (exact) mass is 179 g/mol. The van der Waals surface area contributed by atoms with Crippen LogP contribution >= 0.6 is 0 Å². The van der Waals surface area contributed by atoms with Gasteiger partial charge in [-0.2, -0.15) is 0 Å². The molecule has 0 aliphatic carbocycles. The van der Waals surface area contributed by atoms with Gasteiger partial charge in [0.25, 0.3) is 5.69 Å². The fourth-order valence-electron chi connectivity index (χ4n) is 1.36. The topological polar surface area (TPSA) is 55.7 Å². The Morgan fingerprint density at radius 3 is 2.77 bits per heavy atom. The Labute approximate surface area is 75.3 Å². The summed E-state index contributed by atoms with van der Waals surface area (Å²) in [6.07, 6.45) is 0.167. The fraction of sp³-hybridized carbons (Fsp3) is 0.333. The summed E-state index contributed by atoms with van der Waals surface area (Å²) in [5.41, 5.74) is 2.13. The Morgan fingerprint density at radius 2 is 2.31 bits per heavy atom. The van der Waals surface area contributed by atoms with Crippen molar-refractivity contribution in [3.05, 3.63) is 39.4 Å². The molecule has 1 heterocycles. The van der Waals surface area contributed by atoms with Gasteiger partial charge in [0.05, 0.1) is 11.5 Å². The predicted molar refractivity (Wildman–Crippen MR) is 46.5 cm³/mol. The maximum absolute atomic E-state index is 10.4. The lowest BCUT2D eigenvalue weighted by molar-refractivity contribution is -0.384. The zero-order valence-electron chi connectivity index (χ0n) is 7.19. The van der Waals surface area contributed by atoms with E-state index in [0.717, 1.165) is 17.7 Å². The van der Waals surface area contributed by atoms with E-state index in [1.807, 2.05) is 6.92 Å². The second-order valence-corrected chi connectivity index (χ2v) is 3.12. The first kappa shape index (κ1) is 8.19. The van der Waals surface area contributed by atoms with Crippen molar-refractivity contribution in [3.8, 4) is 0 Å². The highest BCUT2D eigenvalue weighted by Gasteiger charge is 2.26. The van der Waals surface area contributed by atoms with E-state index < -0.39 is 0 Å². The van der Waals surface area contributed by atoms with Gasteiger partial charge in [-0.3, -0.25) is 10.1 Å². The van der Waals surface area contributed by atoms with Crippen LogP contribution in [0.25, 0.3) is 0 Å². The van der Waals surface area contributed by atoms with Gasteiger partial charge in [-0.05, 0) is 24.1 Å². The van der Waals surface area contributed by atoms with Crippen molar-refractivity contribution in [2.24, 2.45) is 0 Å². The number of nitrogens with zero attached hydrogens (tertiary/aromatic N) is 1. The van der Waals surface area contributed by atoms with Gasteiger partial charge in [-0.15, -0.1) is 0 Å². The summed E-state index contributed by atoms with van der Waals surface area (Å²) in [4.78, 5) is 10.0. The molecule has 1 fully saturated rings. The first-order valence-electron chi connectivity index (χ1n) is 4.05. The summed E-state index contributed by atoms with van der Waals surface area (Å²) >= 11 is 0. The Hall–Kier alpha value is -1.42. The number of nitro groups is 1. The average Bonchev–Trinajstić information content (AvgIpc) is 2.87. The molecule has 0 saturated carbocycles. The van der Waals surface area contributed by atoms with E-state index in [0.29, 0.717) is 0 Å². The van der Waals surface area contributed by atoms with Crippen molar-refractivity contribution in [2.75, 3.05) is 6.61 Å². The SMILES string of the molecule is Cc1cc([N+](=O)[O-])ccc1C1CO1. The molecule has 1 atom stereocenters. The van der Waals surface area contributed by atoms with Crippen LogP contribution in [0, 0.1) is 17.0 Å². The third kappa shape index (κ3) is 1.53. The molecule has 1 aliphatic rings. The first-order valence-corrected chi connectivity index (χ1v) is 4.05. The van der Waals surface area contributed by atoms with Crippen molar-refractivity contribution in [2.45, 2.75) is 13.0 Å².